The average Bonchev–Trinajstić information content (AvgIpc) is 3.31. The Labute approximate surface area is 186 Å². The number of fused-ring (bicyclic) bond motifs is 4. The number of hydrogen-bond acceptors (Lipinski definition) is 4. The van der Waals surface area contributed by atoms with Gasteiger partial charge < -0.3 is 15.0 Å². The molecule has 4 aromatic rings. The van der Waals surface area contributed by atoms with Gasteiger partial charge in [0.15, 0.2) is 5.82 Å². The van der Waals surface area contributed by atoms with E-state index in [2.05, 4.69) is 15.5 Å². The zero-order chi connectivity index (χ0) is 23.7. The molecule has 0 aliphatic carbocycles. The van der Waals surface area contributed by atoms with E-state index < -0.39 is 28.7 Å². The van der Waals surface area contributed by atoms with E-state index in [0.717, 1.165) is 6.07 Å². The first-order valence-corrected chi connectivity index (χ1v) is 10.4. The third-order valence-electron chi connectivity index (χ3n) is 6.01. The number of benzene rings is 2. The quantitative estimate of drug-likeness (QED) is 0.423. The first kappa shape index (κ1) is 21.4. The molecule has 2 aromatic carbocycles. The molecule has 33 heavy (non-hydrogen) atoms. The zero-order valence-electron chi connectivity index (χ0n) is 18.1. The van der Waals surface area contributed by atoms with E-state index in [9.17, 15) is 18.3 Å². The monoisotopic (exact) mass is 459 g/mol. The summed E-state index contributed by atoms with van der Waals surface area (Å²) in [4.78, 5) is 0. The number of nitrogens with zero attached hydrogens (tertiary/aromatic N) is 4. The summed E-state index contributed by atoms with van der Waals surface area (Å²) in [5.74, 6) is -0.403. The van der Waals surface area contributed by atoms with E-state index >= 15 is 4.39 Å². The third kappa shape index (κ3) is 3.12. The van der Waals surface area contributed by atoms with Gasteiger partial charge in [-0.3, -0.25) is 4.57 Å². The first-order chi connectivity index (χ1) is 15.5. The van der Waals surface area contributed by atoms with Crippen LogP contribution in [0.4, 0.5) is 23.2 Å². The Balaban J connectivity index is 1.90. The molecule has 0 saturated carbocycles. The summed E-state index contributed by atoms with van der Waals surface area (Å²) < 4.78 is 62.6. The standard InChI is InChI=1S/C23H21F4N5O/c1-12-29-30-21-22(2,3)28-16-11-15(24)18(19(23(25,26)27)20(16)32(12)21)14-5-4-6-17-13(14)7-8-31(17)9-10-33/h4-8,11,28,33H,9-10H2,1-3H3. The summed E-state index contributed by atoms with van der Waals surface area (Å²) in [7, 11) is 0. The number of anilines is 1. The van der Waals surface area contributed by atoms with E-state index in [1.807, 2.05) is 0 Å². The second-order valence-electron chi connectivity index (χ2n) is 8.63. The molecule has 1 aliphatic rings. The summed E-state index contributed by atoms with van der Waals surface area (Å²) in [5.41, 5.74) is -1.95. The largest absolute Gasteiger partial charge is 0.419 e. The maximum atomic E-state index is 15.6. The molecule has 172 valence electrons. The number of aliphatic hydroxyl groups is 1. The number of aliphatic hydroxyl groups excluding tert-OH is 1. The minimum atomic E-state index is -4.87. The van der Waals surface area contributed by atoms with Gasteiger partial charge in [-0.1, -0.05) is 12.1 Å². The summed E-state index contributed by atoms with van der Waals surface area (Å²) >= 11 is 0. The fourth-order valence-corrected chi connectivity index (χ4v) is 4.68. The Morgan fingerprint density at radius 2 is 1.91 bits per heavy atom. The fraction of sp³-hybridized carbons (Fsp3) is 0.304. The maximum Gasteiger partial charge on any atom is 0.419 e. The predicted molar refractivity (Wildman–Crippen MR) is 116 cm³/mol. The molecular weight excluding hydrogens is 438 g/mol. The Morgan fingerprint density at radius 1 is 1.15 bits per heavy atom. The lowest BCUT2D eigenvalue weighted by Crippen LogP contribution is -2.37. The molecule has 1 aliphatic heterocycles. The highest BCUT2D eigenvalue weighted by Gasteiger charge is 2.45. The van der Waals surface area contributed by atoms with E-state index in [1.165, 1.54) is 10.6 Å². The van der Waals surface area contributed by atoms with Crippen molar-refractivity contribution in [3.05, 3.63) is 59.6 Å². The van der Waals surface area contributed by atoms with E-state index in [0.29, 0.717) is 16.7 Å². The van der Waals surface area contributed by atoms with Crippen LogP contribution in [0.5, 0.6) is 0 Å². The smallest absolute Gasteiger partial charge is 0.395 e. The van der Waals surface area contributed by atoms with Gasteiger partial charge in [0.05, 0.1) is 29.1 Å². The molecular formula is C23H21F4N5O. The van der Waals surface area contributed by atoms with Crippen LogP contribution in [0, 0.1) is 12.7 Å². The fourth-order valence-electron chi connectivity index (χ4n) is 4.68. The van der Waals surface area contributed by atoms with Crippen LogP contribution in [-0.4, -0.2) is 31.0 Å². The van der Waals surface area contributed by atoms with E-state index in [4.69, 9.17) is 0 Å². The molecule has 2 N–H and O–H groups in total. The van der Waals surface area contributed by atoms with Crippen LogP contribution >= 0.6 is 0 Å². The normalized spacial score (nSPS) is 14.8. The van der Waals surface area contributed by atoms with Gasteiger partial charge >= 0.3 is 6.18 Å². The Hall–Kier alpha value is -3.40. The van der Waals surface area contributed by atoms with Gasteiger partial charge in [0.2, 0.25) is 0 Å². The van der Waals surface area contributed by atoms with Crippen molar-refractivity contribution >= 4 is 16.6 Å². The summed E-state index contributed by atoms with van der Waals surface area (Å²) in [6.07, 6.45) is -3.20. The van der Waals surface area contributed by atoms with Crippen LogP contribution in [0.15, 0.2) is 36.5 Å². The molecule has 0 amide bonds. The predicted octanol–water partition coefficient (Wildman–Crippen LogP) is 5.01. The van der Waals surface area contributed by atoms with Crippen LogP contribution in [0.2, 0.25) is 0 Å². The van der Waals surface area contributed by atoms with Crippen molar-refractivity contribution in [1.29, 1.82) is 0 Å². The van der Waals surface area contributed by atoms with Crippen molar-refractivity contribution in [3.63, 3.8) is 0 Å². The molecule has 0 bridgehead atoms. The second-order valence-corrected chi connectivity index (χ2v) is 8.63. The number of rotatable bonds is 3. The molecule has 10 heteroatoms. The molecule has 0 unspecified atom stereocenters. The number of hydrogen-bond donors (Lipinski definition) is 2. The molecule has 0 atom stereocenters. The van der Waals surface area contributed by atoms with Gasteiger partial charge in [0.25, 0.3) is 0 Å². The summed E-state index contributed by atoms with van der Waals surface area (Å²) in [6, 6.07) is 7.53. The van der Waals surface area contributed by atoms with Crippen molar-refractivity contribution in [2.24, 2.45) is 0 Å². The molecule has 0 saturated heterocycles. The van der Waals surface area contributed by atoms with E-state index in [1.54, 1.807) is 49.7 Å². The maximum absolute atomic E-state index is 15.6. The van der Waals surface area contributed by atoms with Crippen molar-refractivity contribution in [2.45, 2.75) is 39.0 Å². The summed E-state index contributed by atoms with van der Waals surface area (Å²) in [6.45, 7) is 5.21. The topological polar surface area (TPSA) is 67.9 Å². The lowest BCUT2D eigenvalue weighted by molar-refractivity contribution is -0.137. The molecule has 3 heterocycles. The SMILES string of the molecule is Cc1nnc2n1-c1c(cc(F)c(-c3cccc4c3ccn4CCO)c1C(F)(F)F)NC2(C)C. The molecule has 2 aromatic heterocycles. The average molecular weight is 459 g/mol. The number of aryl methyl sites for hydroxylation is 1. The van der Waals surface area contributed by atoms with Crippen LogP contribution in [-0.2, 0) is 18.3 Å². The molecule has 0 radical (unpaired) electrons. The Bertz CT molecular complexity index is 1400. The molecule has 6 nitrogen and oxygen atoms in total. The van der Waals surface area contributed by atoms with Gasteiger partial charge in [-0.25, -0.2) is 4.39 Å². The number of nitrogens with one attached hydrogen (secondary N) is 1. The van der Waals surface area contributed by atoms with Crippen LogP contribution in [0.3, 0.4) is 0 Å². The third-order valence-corrected chi connectivity index (χ3v) is 6.01. The van der Waals surface area contributed by atoms with Crippen molar-refractivity contribution in [1.82, 2.24) is 19.3 Å². The van der Waals surface area contributed by atoms with Gasteiger partial charge in [-0.05, 0) is 44.5 Å². The highest BCUT2D eigenvalue weighted by molar-refractivity contribution is 5.98. The number of halogens is 4. The van der Waals surface area contributed by atoms with Crippen molar-refractivity contribution < 1.29 is 22.7 Å². The lowest BCUT2D eigenvalue weighted by Gasteiger charge is -2.36. The zero-order valence-corrected chi connectivity index (χ0v) is 18.1. The van der Waals surface area contributed by atoms with Crippen molar-refractivity contribution in [3.8, 4) is 16.8 Å². The molecule has 5 rings (SSSR count). The minimum Gasteiger partial charge on any atom is -0.395 e. The Kier molecular flexibility index (Phi) is 4.58. The molecule has 0 fully saturated rings. The van der Waals surface area contributed by atoms with Gasteiger partial charge in [0.1, 0.15) is 11.6 Å². The van der Waals surface area contributed by atoms with Crippen LogP contribution < -0.4 is 5.32 Å². The highest BCUT2D eigenvalue weighted by Crippen LogP contribution is 2.50. The molecule has 0 spiro atoms. The number of alkyl halides is 3. The van der Waals surface area contributed by atoms with Gasteiger partial charge in [-0.15, -0.1) is 10.2 Å². The Morgan fingerprint density at radius 3 is 2.61 bits per heavy atom. The van der Waals surface area contributed by atoms with E-state index in [-0.39, 0.29) is 35.9 Å². The van der Waals surface area contributed by atoms with Gasteiger partial charge in [-0.2, -0.15) is 13.2 Å². The van der Waals surface area contributed by atoms with Crippen LogP contribution in [0.1, 0.15) is 31.1 Å². The second kappa shape index (κ2) is 7.05. The first-order valence-electron chi connectivity index (χ1n) is 10.4. The van der Waals surface area contributed by atoms with Crippen molar-refractivity contribution in [2.75, 3.05) is 11.9 Å². The van der Waals surface area contributed by atoms with Crippen LogP contribution in [0.25, 0.3) is 27.7 Å². The lowest BCUT2D eigenvalue weighted by atomic mass is 9.91. The van der Waals surface area contributed by atoms with Gasteiger partial charge in [0, 0.05) is 29.2 Å². The minimum absolute atomic E-state index is 0.0222. The number of aromatic nitrogens is 4. The summed E-state index contributed by atoms with van der Waals surface area (Å²) in [5, 5.41) is 20.9. The highest BCUT2D eigenvalue weighted by atomic mass is 19.4.